The molecule has 0 aromatic heterocycles. The maximum absolute atomic E-state index is 9.38. The van der Waals surface area contributed by atoms with Crippen molar-refractivity contribution in [1.82, 2.24) is 5.32 Å². The maximum Gasteiger partial charge on any atom is 0.157 e. The van der Waals surface area contributed by atoms with Gasteiger partial charge in [-0.05, 0) is 35.7 Å². The highest BCUT2D eigenvalue weighted by atomic mass is 16.3. The zero-order valence-corrected chi connectivity index (χ0v) is 10.4. The van der Waals surface area contributed by atoms with E-state index in [1.165, 1.54) is 17.2 Å². The molecule has 0 saturated heterocycles. The van der Waals surface area contributed by atoms with Gasteiger partial charge in [0.15, 0.2) is 11.5 Å². The van der Waals surface area contributed by atoms with Crippen LogP contribution in [0.5, 0.6) is 11.5 Å². The zero-order valence-electron chi connectivity index (χ0n) is 10.4. The third-order valence-electron chi connectivity index (χ3n) is 2.95. The van der Waals surface area contributed by atoms with E-state index in [1.807, 2.05) is 12.1 Å². The first-order chi connectivity index (χ1) is 8.66. The second-order valence-corrected chi connectivity index (χ2v) is 4.35. The summed E-state index contributed by atoms with van der Waals surface area (Å²) in [5, 5.41) is 21.9. The summed E-state index contributed by atoms with van der Waals surface area (Å²) in [4.78, 5) is 0. The summed E-state index contributed by atoms with van der Waals surface area (Å²) >= 11 is 0. The minimum absolute atomic E-state index is 0.0785. The Labute approximate surface area is 107 Å². The highest BCUT2D eigenvalue weighted by Gasteiger charge is 2.01. The summed E-state index contributed by atoms with van der Waals surface area (Å²) in [5.74, 6) is -0.164. The Hall–Kier alpha value is -2.00. The Morgan fingerprint density at radius 2 is 1.72 bits per heavy atom. The molecule has 18 heavy (non-hydrogen) atoms. The van der Waals surface area contributed by atoms with E-state index >= 15 is 0 Å². The van der Waals surface area contributed by atoms with E-state index in [4.69, 9.17) is 0 Å². The smallest absolute Gasteiger partial charge is 0.157 e. The Morgan fingerprint density at radius 1 is 0.944 bits per heavy atom. The molecule has 0 fully saturated rings. The van der Waals surface area contributed by atoms with Gasteiger partial charge in [0.25, 0.3) is 0 Å². The average Bonchev–Trinajstić information content (AvgIpc) is 2.36. The van der Waals surface area contributed by atoms with Crippen molar-refractivity contribution in [2.45, 2.75) is 20.0 Å². The lowest BCUT2D eigenvalue weighted by molar-refractivity contribution is 0.403. The fourth-order valence-corrected chi connectivity index (χ4v) is 1.83. The number of hydrogen-bond acceptors (Lipinski definition) is 3. The molecule has 2 aromatic rings. The van der Waals surface area contributed by atoms with Crippen LogP contribution in [0.4, 0.5) is 0 Å². The molecular formula is C15H17NO2. The van der Waals surface area contributed by atoms with Crippen LogP contribution in [0.2, 0.25) is 0 Å². The van der Waals surface area contributed by atoms with Gasteiger partial charge in [0, 0.05) is 13.1 Å². The summed E-state index contributed by atoms with van der Waals surface area (Å²) in [5.41, 5.74) is 3.47. The maximum atomic E-state index is 9.38. The van der Waals surface area contributed by atoms with Crippen molar-refractivity contribution < 1.29 is 10.2 Å². The van der Waals surface area contributed by atoms with Crippen LogP contribution < -0.4 is 5.32 Å². The van der Waals surface area contributed by atoms with Gasteiger partial charge < -0.3 is 15.5 Å². The van der Waals surface area contributed by atoms with E-state index in [-0.39, 0.29) is 11.5 Å². The summed E-state index contributed by atoms with van der Waals surface area (Å²) < 4.78 is 0. The van der Waals surface area contributed by atoms with Crippen LogP contribution in [0.15, 0.2) is 42.5 Å². The number of phenols is 2. The van der Waals surface area contributed by atoms with Crippen LogP contribution in [0.3, 0.4) is 0 Å². The molecule has 0 unspecified atom stereocenters. The standard InChI is InChI=1S/C15H17NO2/c1-11-4-2-3-5-13(11)10-16-9-12-6-7-14(17)15(18)8-12/h2-8,16-18H,9-10H2,1H3. The Balaban J connectivity index is 1.92. The summed E-state index contributed by atoms with van der Waals surface area (Å²) in [6, 6.07) is 13.1. The van der Waals surface area contributed by atoms with Crippen molar-refractivity contribution in [3.05, 3.63) is 59.2 Å². The number of hydrogen-bond donors (Lipinski definition) is 3. The predicted octanol–water partition coefficient (Wildman–Crippen LogP) is 2.70. The van der Waals surface area contributed by atoms with E-state index in [9.17, 15) is 10.2 Å². The monoisotopic (exact) mass is 243 g/mol. The number of phenolic OH excluding ortho intramolecular Hbond substituents is 2. The highest BCUT2D eigenvalue weighted by molar-refractivity contribution is 5.40. The van der Waals surface area contributed by atoms with E-state index in [1.54, 1.807) is 12.1 Å². The first kappa shape index (κ1) is 12.5. The molecule has 0 spiro atoms. The van der Waals surface area contributed by atoms with Crippen LogP contribution in [0.1, 0.15) is 16.7 Å². The molecular weight excluding hydrogens is 226 g/mol. The van der Waals surface area contributed by atoms with Crippen molar-refractivity contribution in [2.24, 2.45) is 0 Å². The Kier molecular flexibility index (Phi) is 3.85. The van der Waals surface area contributed by atoms with Gasteiger partial charge in [-0.25, -0.2) is 0 Å². The molecule has 3 nitrogen and oxygen atoms in total. The lowest BCUT2D eigenvalue weighted by Crippen LogP contribution is -2.13. The second kappa shape index (κ2) is 5.56. The molecule has 0 atom stereocenters. The van der Waals surface area contributed by atoms with E-state index in [0.29, 0.717) is 6.54 Å². The molecule has 0 saturated carbocycles. The van der Waals surface area contributed by atoms with E-state index in [2.05, 4.69) is 24.4 Å². The molecule has 0 bridgehead atoms. The number of aryl methyl sites for hydroxylation is 1. The molecule has 0 heterocycles. The average molecular weight is 243 g/mol. The van der Waals surface area contributed by atoms with E-state index in [0.717, 1.165) is 12.1 Å². The van der Waals surface area contributed by atoms with Gasteiger partial charge in [-0.3, -0.25) is 0 Å². The van der Waals surface area contributed by atoms with Crippen molar-refractivity contribution in [2.75, 3.05) is 0 Å². The van der Waals surface area contributed by atoms with Gasteiger partial charge in [-0.15, -0.1) is 0 Å². The molecule has 94 valence electrons. The van der Waals surface area contributed by atoms with Gasteiger partial charge in [0.05, 0.1) is 0 Å². The highest BCUT2D eigenvalue weighted by Crippen LogP contribution is 2.24. The molecule has 3 N–H and O–H groups in total. The molecule has 0 aliphatic rings. The third-order valence-corrected chi connectivity index (χ3v) is 2.95. The molecule has 2 rings (SSSR count). The Morgan fingerprint density at radius 3 is 2.44 bits per heavy atom. The molecule has 0 aliphatic heterocycles. The van der Waals surface area contributed by atoms with Crippen LogP contribution >= 0.6 is 0 Å². The van der Waals surface area contributed by atoms with Crippen molar-refractivity contribution in [3.63, 3.8) is 0 Å². The zero-order chi connectivity index (χ0) is 13.0. The molecule has 0 amide bonds. The lowest BCUT2D eigenvalue weighted by atomic mass is 10.1. The largest absolute Gasteiger partial charge is 0.504 e. The fraction of sp³-hybridized carbons (Fsp3) is 0.200. The quantitative estimate of drug-likeness (QED) is 0.724. The summed E-state index contributed by atoms with van der Waals surface area (Å²) in [6.45, 7) is 3.53. The molecule has 2 aromatic carbocycles. The fourth-order valence-electron chi connectivity index (χ4n) is 1.83. The van der Waals surface area contributed by atoms with Crippen LogP contribution in [-0.4, -0.2) is 10.2 Å². The van der Waals surface area contributed by atoms with Gasteiger partial charge in [0.1, 0.15) is 0 Å². The van der Waals surface area contributed by atoms with Crippen molar-refractivity contribution in [1.29, 1.82) is 0 Å². The van der Waals surface area contributed by atoms with Gasteiger partial charge >= 0.3 is 0 Å². The molecule has 0 radical (unpaired) electrons. The number of nitrogens with one attached hydrogen (secondary N) is 1. The second-order valence-electron chi connectivity index (χ2n) is 4.35. The van der Waals surface area contributed by atoms with Gasteiger partial charge in [-0.2, -0.15) is 0 Å². The Bertz CT molecular complexity index is 538. The van der Waals surface area contributed by atoms with E-state index < -0.39 is 0 Å². The van der Waals surface area contributed by atoms with Crippen LogP contribution in [0.25, 0.3) is 0 Å². The minimum atomic E-state index is -0.0855. The van der Waals surface area contributed by atoms with Gasteiger partial charge in [0.2, 0.25) is 0 Å². The van der Waals surface area contributed by atoms with Gasteiger partial charge in [-0.1, -0.05) is 30.3 Å². The lowest BCUT2D eigenvalue weighted by Gasteiger charge is -2.08. The normalized spacial score (nSPS) is 10.5. The number of rotatable bonds is 4. The first-order valence-corrected chi connectivity index (χ1v) is 5.93. The molecule has 0 aliphatic carbocycles. The topological polar surface area (TPSA) is 52.5 Å². The predicted molar refractivity (Wildman–Crippen MR) is 71.5 cm³/mol. The van der Waals surface area contributed by atoms with Crippen molar-refractivity contribution >= 4 is 0 Å². The van der Waals surface area contributed by atoms with Crippen LogP contribution in [-0.2, 0) is 13.1 Å². The van der Waals surface area contributed by atoms with Crippen LogP contribution in [0, 0.1) is 6.92 Å². The first-order valence-electron chi connectivity index (χ1n) is 5.93. The minimum Gasteiger partial charge on any atom is -0.504 e. The summed E-state index contributed by atoms with van der Waals surface area (Å²) in [6.07, 6.45) is 0. The molecule has 3 heteroatoms. The summed E-state index contributed by atoms with van der Waals surface area (Å²) in [7, 11) is 0. The van der Waals surface area contributed by atoms with Crippen molar-refractivity contribution in [3.8, 4) is 11.5 Å². The number of benzene rings is 2. The number of aromatic hydroxyl groups is 2. The third kappa shape index (κ3) is 3.02. The SMILES string of the molecule is Cc1ccccc1CNCc1ccc(O)c(O)c1.